The van der Waals surface area contributed by atoms with Gasteiger partial charge in [-0.2, -0.15) is 5.10 Å². The van der Waals surface area contributed by atoms with Crippen molar-refractivity contribution in [3.63, 3.8) is 0 Å². The zero-order valence-corrected chi connectivity index (χ0v) is 13.0. The van der Waals surface area contributed by atoms with E-state index in [4.69, 9.17) is 9.47 Å². The van der Waals surface area contributed by atoms with Gasteiger partial charge in [0, 0.05) is 11.8 Å². The van der Waals surface area contributed by atoms with E-state index >= 15 is 0 Å². The Hall–Kier alpha value is -3.30. The third kappa shape index (κ3) is 2.93. The Bertz CT molecular complexity index is 773. The largest absolute Gasteiger partial charge is 0.493 e. The van der Waals surface area contributed by atoms with Crippen LogP contribution in [0.15, 0.2) is 38.8 Å². The molecule has 1 aromatic rings. The van der Waals surface area contributed by atoms with E-state index in [9.17, 15) is 9.59 Å². The molecule has 0 spiro atoms. The number of methoxy groups -OCH3 is 2. The number of hydrogen-bond acceptors (Lipinski definition) is 8. The Kier molecular flexibility index (Phi) is 4.18. The molecule has 2 aliphatic heterocycles. The predicted octanol–water partition coefficient (Wildman–Crippen LogP) is 1.14. The van der Waals surface area contributed by atoms with Crippen LogP contribution in [0.3, 0.4) is 0 Å². The number of rotatable bonds is 5. The van der Waals surface area contributed by atoms with E-state index in [-0.39, 0.29) is 24.7 Å². The van der Waals surface area contributed by atoms with Crippen LogP contribution in [0.25, 0.3) is 0 Å². The summed E-state index contributed by atoms with van der Waals surface area (Å²) in [5, 5.41) is 16.7. The fraction of sp³-hybridized carbons (Fsp3) is 0.286. The highest BCUT2D eigenvalue weighted by Gasteiger charge is 2.26. The molecule has 0 radical (unpaired) electrons. The first kappa shape index (κ1) is 15.6. The van der Waals surface area contributed by atoms with Gasteiger partial charge < -0.3 is 9.47 Å². The van der Waals surface area contributed by atoms with E-state index in [1.807, 2.05) is 0 Å². The van der Waals surface area contributed by atoms with Crippen LogP contribution < -0.4 is 9.47 Å². The van der Waals surface area contributed by atoms with Crippen LogP contribution in [0, 0.1) is 0 Å². The number of amides is 2. The molecule has 0 atom stereocenters. The van der Waals surface area contributed by atoms with Crippen molar-refractivity contribution in [1.82, 2.24) is 10.2 Å². The second-order valence-corrected chi connectivity index (χ2v) is 4.84. The maximum atomic E-state index is 12.0. The molecular weight excluding hydrogens is 316 g/mol. The molecule has 0 saturated carbocycles. The van der Waals surface area contributed by atoms with Gasteiger partial charge in [0.15, 0.2) is 11.5 Å². The van der Waals surface area contributed by atoms with Gasteiger partial charge >= 0.3 is 0 Å². The number of ether oxygens (including phenoxy) is 2. The average Bonchev–Trinajstić information content (AvgIpc) is 3.17. The minimum Gasteiger partial charge on any atom is -0.493 e. The lowest BCUT2D eigenvalue weighted by molar-refractivity contribution is -0.132. The van der Waals surface area contributed by atoms with E-state index in [1.54, 1.807) is 25.3 Å². The normalized spacial score (nSPS) is 17.2. The van der Waals surface area contributed by atoms with Crippen LogP contribution in [0.5, 0.6) is 11.5 Å². The molecule has 0 aliphatic carbocycles. The van der Waals surface area contributed by atoms with Crippen molar-refractivity contribution in [1.29, 1.82) is 0 Å². The van der Waals surface area contributed by atoms with Crippen molar-refractivity contribution in [3.8, 4) is 11.5 Å². The Morgan fingerprint density at radius 2 is 1.79 bits per heavy atom. The van der Waals surface area contributed by atoms with Crippen molar-refractivity contribution in [2.75, 3.05) is 14.2 Å². The first-order valence-corrected chi connectivity index (χ1v) is 7.02. The Labute approximate surface area is 137 Å². The van der Waals surface area contributed by atoms with Gasteiger partial charge in [-0.15, -0.1) is 5.10 Å². The third-order valence-corrected chi connectivity index (χ3v) is 3.36. The maximum absolute atomic E-state index is 12.0. The number of benzene rings is 1. The summed E-state index contributed by atoms with van der Waals surface area (Å²) in [5.74, 6) is 0.420. The monoisotopic (exact) mass is 330 g/mol. The predicted molar refractivity (Wildman–Crippen MR) is 82.4 cm³/mol. The fourth-order valence-corrected chi connectivity index (χ4v) is 2.16. The van der Waals surface area contributed by atoms with Crippen LogP contribution in [-0.4, -0.2) is 48.2 Å². The summed E-state index contributed by atoms with van der Waals surface area (Å²) in [5.41, 5.74) is 1.21. The topological polar surface area (TPSA) is 109 Å². The van der Waals surface area contributed by atoms with Gasteiger partial charge in [0.05, 0.1) is 32.8 Å². The number of hydrogen-bond donors (Lipinski definition) is 0. The molecule has 10 heteroatoms. The summed E-state index contributed by atoms with van der Waals surface area (Å²) in [6, 6.07) is 5.21. The van der Waals surface area contributed by atoms with E-state index in [2.05, 4.69) is 20.6 Å². The van der Waals surface area contributed by atoms with E-state index in [0.717, 1.165) is 10.2 Å². The molecule has 24 heavy (non-hydrogen) atoms. The van der Waals surface area contributed by atoms with Crippen molar-refractivity contribution < 1.29 is 19.1 Å². The van der Waals surface area contributed by atoms with E-state index in [1.165, 1.54) is 13.3 Å². The summed E-state index contributed by atoms with van der Waals surface area (Å²) in [6.07, 6.45) is 1.63. The van der Waals surface area contributed by atoms with Gasteiger partial charge in [0.2, 0.25) is 0 Å². The van der Waals surface area contributed by atoms with Crippen LogP contribution >= 0.6 is 0 Å². The molecule has 3 rings (SSSR count). The lowest BCUT2D eigenvalue weighted by Crippen LogP contribution is -2.17. The molecule has 2 aliphatic rings. The molecule has 0 unspecified atom stereocenters. The first-order chi connectivity index (χ1) is 11.6. The molecule has 0 saturated heterocycles. The lowest BCUT2D eigenvalue weighted by atomic mass is 10.1. The number of hydrazone groups is 2. The van der Waals surface area contributed by atoms with Crippen LogP contribution in [0.4, 0.5) is 0 Å². The molecule has 0 bridgehead atoms. The highest BCUT2D eigenvalue weighted by atomic mass is 16.5. The second kappa shape index (κ2) is 6.44. The van der Waals surface area contributed by atoms with Crippen molar-refractivity contribution in [2.45, 2.75) is 12.8 Å². The summed E-state index contributed by atoms with van der Waals surface area (Å²) in [7, 11) is 3.07. The molecule has 2 heterocycles. The Balaban J connectivity index is 1.80. The number of carbonyl (C=O) groups excluding carboxylic acids is 2. The van der Waals surface area contributed by atoms with Gasteiger partial charge in [-0.25, -0.2) is 0 Å². The quantitative estimate of drug-likeness (QED) is 0.754. The third-order valence-electron chi connectivity index (χ3n) is 3.36. The molecule has 2 amide bonds. The molecule has 0 N–H and O–H groups in total. The summed E-state index contributed by atoms with van der Waals surface area (Å²) < 4.78 is 10.4. The van der Waals surface area contributed by atoms with Crippen molar-refractivity contribution >= 4 is 23.7 Å². The van der Waals surface area contributed by atoms with Crippen LogP contribution in [-0.2, 0) is 9.59 Å². The summed E-state index contributed by atoms with van der Waals surface area (Å²) in [4.78, 5) is 23.3. The summed E-state index contributed by atoms with van der Waals surface area (Å²) in [6.45, 7) is 0. The first-order valence-electron chi connectivity index (χ1n) is 7.02. The van der Waals surface area contributed by atoms with Crippen molar-refractivity contribution in [3.05, 3.63) is 23.8 Å². The molecule has 10 nitrogen and oxygen atoms in total. The van der Waals surface area contributed by atoms with E-state index in [0.29, 0.717) is 22.8 Å². The van der Waals surface area contributed by atoms with Gasteiger partial charge in [-0.05, 0) is 28.6 Å². The lowest BCUT2D eigenvalue weighted by Gasteiger charge is -2.08. The van der Waals surface area contributed by atoms with Gasteiger partial charge in [0.1, 0.15) is 0 Å². The zero-order chi connectivity index (χ0) is 17.1. The number of nitrogens with zero attached hydrogens (tertiary/aromatic N) is 6. The average molecular weight is 330 g/mol. The summed E-state index contributed by atoms with van der Waals surface area (Å²) >= 11 is 0. The fourth-order valence-electron chi connectivity index (χ4n) is 2.16. The second-order valence-electron chi connectivity index (χ2n) is 4.84. The van der Waals surface area contributed by atoms with Crippen molar-refractivity contribution in [2.24, 2.45) is 20.6 Å². The smallest absolute Gasteiger partial charge is 0.272 e. The molecule has 0 fully saturated rings. The molecule has 1 aromatic carbocycles. The van der Waals surface area contributed by atoms with E-state index < -0.39 is 0 Å². The SMILES string of the molecule is COc1ccc(C2=NN(N=NN3N=CCC3=O)C(=O)C2)cc1OC. The van der Waals surface area contributed by atoms with Crippen LogP contribution in [0.2, 0.25) is 0 Å². The van der Waals surface area contributed by atoms with Crippen LogP contribution in [0.1, 0.15) is 18.4 Å². The number of carbonyl (C=O) groups is 2. The molecule has 124 valence electrons. The zero-order valence-electron chi connectivity index (χ0n) is 13.0. The van der Waals surface area contributed by atoms with Gasteiger partial charge in [-0.3, -0.25) is 9.59 Å². The minimum absolute atomic E-state index is 0.0612. The molecular formula is C14H14N6O4. The minimum atomic E-state index is -0.362. The van der Waals surface area contributed by atoms with Gasteiger partial charge in [0.25, 0.3) is 11.8 Å². The Morgan fingerprint density at radius 3 is 2.46 bits per heavy atom. The Morgan fingerprint density at radius 1 is 1.04 bits per heavy atom. The van der Waals surface area contributed by atoms with Gasteiger partial charge in [-0.1, -0.05) is 10.2 Å². The highest BCUT2D eigenvalue weighted by molar-refractivity contribution is 6.13. The molecule has 0 aromatic heterocycles. The highest BCUT2D eigenvalue weighted by Crippen LogP contribution is 2.29. The standard InChI is InChI=1S/C14H14N6O4/c1-23-11-4-3-9(7-12(11)24-2)10-8-14(22)20(16-10)18-17-19-13(21)5-6-15-19/h3-4,6-7H,5,8H2,1-2H3. The maximum Gasteiger partial charge on any atom is 0.272 e.